The van der Waals surface area contributed by atoms with Crippen LogP contribution in [0.2, 0.25) is 10.0 Å². The van der Waals surface area contributed by atoms with Crippen LogP contribution >= 0.6 is 23.2 Å². The molecular weight excluding hydrogens is 592 g/mol. The van der Waals surface area contributed by atoms with E-state index >= 15 is 0 Å². The number of hydrogen-bond donors (Lipinski definition) is 0. The third-order valence-electron chi connectivity index (χ3n) is 4.93. The molecule has 0 aliphatic heterocycles. The Hall–Kier alpha value is -3.59. The molecule has 0 saturated carbocycles. The summed E-state index contributed by atoms with van der Waals surface area (Å²) in [6.07, 6.45) is -4.64. The van der Waals surface area contributed by atoms with Crippen molar-refractivity contribution >= 4 is 50.9 Å². The van der Waals surface area contributed by atoms with Gasteiger partial charge < -0.3 is 9.47 Å². The van der Waals surface area contributed by atoms with E-state index in [1.54, 1.807) is 6.07 Å². The van der Waals surface area contributed by atoms with Crippen LogP contribution in [0.25, 0.3) is 0 Å². The standard InChI is InChI=1S/C23H17Cl2F3N2O8S/c1-29(16-4-2-3-15(24)12-16)39(34,35)37-10-9-36-22(31)18-13-17(6-7-20(18)30(32)33)38-21-8-5-14(11-19(21)25)23(26,27)28/h2-8,11-13H,9-10H2,1H3. The Labute approximate surface area is 229 Å². The summed E-state index contributed by atoms with van der Waals surface area (Å²) in [5, 5.41) is 11.3. The number of anilines is 1. The lowest BCUT2D eigenvalue weighted by Gasteiger charge is -2.18. The van der Waals surface area contributed by atoms with Crippen LogP contribution in [0.15, 0.2) is 60.7 Å². The zero-order chi connectivity index (χ0) is 29.0. The fourth-order valence-electron chi connectivity index (χ4n) is 3.02. The Kier molecular flexibility index (Phi) is 9.27. The highest BCUT2D eigenvalue weighted by molar-refractivity contribution is 7.88. The van der Waals surface area contributed by atoms with E-state index in [1.807, 2.05) is 0 Å². The van der Waals surface area contributed by atoms with Gasteiger partial charge in [0.15, 0.2) is 0 Å². The number of alkyl halides is 3. The topological polar surface area (TPSA) is 125 Å². The molecular formula is C23H17Cl2F3N2O8S. The molecule has 3 aromatic carbocycles. The van der Waals surface area contributed by atoms with Gasteiger partial charge in [0.1, 0.15) is 30.3 Å². The largest absolute Gasteiger partial charge is 0.459 e. The van der Waals surface area contributed by atoms with Crippen LogP contribution in [0.1, 0.15) is 15.9 Å². The van der Waals surface area contributed by atoms with Crippen LogP contribution in [0.5, 0.6) is 11.5 Å². The summed E-state index contributed by atoms with van der Waals surface area (Å²) in [7, 11) is -3.09. The molecule has 3 aromatic rings. The number of carbonyl (C=O) groups excluding carboxylic acids is 1. The van der Waals surface area contributed by atoms with Gasteiger partial charge >= 0.3 is 22.4 Å². The molecule has 0 unspecified atom stereocenters. The summed E-state index contributed by atoms with van der Waals surface area (Å²) in [5.74, 6) is -1.59. The molecule has 0 aliphatic rings. The van der Waals surface area contributed by atoms with E-state index in [4.69, 9.17) is 36.9 Å². The highest BCUT2D eigenvalue weighted by atomic mass is 35.5. The molecule has 0 atom stereocenters. The van der Waals surface area contributed by atoms with Crippen LogP contribution in [0.3, 0.4) is 0 Å². The molecule has 0 saturated heterocycles. The van der Waals surface area contributed by atoms with E-state index in [9.17, 15) is 36.5 Å². The first-order chi connectivity index (χ1) is 18.2. The predicted molar refractivity (Wildman–Crippen MR) is 135 cm³/mol. The van der Waals surface area contributed by atoms with E-state index in [1.165, 1.54) is 25.2 Å². The molecule has 0 N–H and O–H groups in total. The molecule has 0 heterocycles. The maximum absolute atomic E-state index is 12.8. The molecule has 39 heavy (non-hydrogen) atoms. The van der Waals surface area contributed by atoms with Gasteiger partial charge in [-0.25, -0.2) is 8.98 Å². The second-order valence-electron chi connectivity index (χ2n) is 7.54. The van der Waals surface area contributed by atoms with Gasteiger partial charge in [-0.3, -0.25) is 14.4 Å². The molecule has 16 heteroatoms. The number of hydrogen-bond acceptors (Lipinski definition) is 8. The maximum atomic E-state index is 12.8. The zero-order valence-electron chi connectivity index (χ0n) is 19.6. The third kappa shape index (κ3) is 7.72. The van der Waals surface area contributed by atoms with Crippen molar-refractivity contribution in [2.24, 2.45) is 0 Å². The van der Waals surface area contributed by atoms with Gasteiger partial charge in [-0.1, -0.05) is 29.3 Å². The number of halogens is 5. The van der Waals surface area contributed by atoms with Gasteiger partial charge in [0.25, 0.3) is 5.69 Å². The maximum Gasteiger partial charge on any atom is 0.416 e. The fraction of sp³-hybridized carbons (Fsp3) is 0.174. The summed E-state index contributed by atoms with van der Waals surface area (Å²) in [6.45, 7) is -1.22. The van der Waals surface area contributed by atoms with Crippen molar-refractivity contribution in [3.8, 4) is 11.5 Å². The van der Waals surface area contributed by atoms with Gasteiger partial charge in [-0.2, -0.15) is 21.6 Å². The van der Waals surface area contributed by atoms with Gasteiger partial charge in [-0.05, 0) is 42.5 Å². The van der Waals surface area contributed by atoms with E-state index in [-0.39, 0.29) is 22.2 Å². The normalized spacial score (nSPS) is 11.6. The lowest BCUT2D eigenvalue weighted by atomic mass is 10.1. The van der Waals surface area contributed by atoms with Crippen LogP contribution in [-0.2, 0) is 25.4 Å². The number of carbonyl (C=O) groups is 1. The predicted octanol–water partition coefficient (Wildman–Crippen LogP) is 6.27. The van der Waals surface area contributed by atoms with E-state index in [0.29, 0.717) is 6.07 Å². The summed E-state index contributed by atoms with van der Waals surface area (Å²) >= 11 is 11.7. The average Bonchev–Trinajstić information content (AvgIpc) is 2.86. The number of esters is 1. The van der Waals surface area contributed by atoms with Crippen LogP contribution < -0.4 is 9.04 Å². The Morgan fingerprint density at radius 3 is 2.38 bits per heavy atom. The van der Waals surface area contributed by atoms with Crippen molar-refractivity contribution in [1.82, 2.24) is 0 Å². The molecule has 0 radical (unpaired) electrons. The van der Waals surface area contributed by atoms with Crippen molar-refractivity contribution in [2.45, 2.75) is 6.18 Å². The summed E-state index contributed by atoms with van der Waals surface area (Å²) in [4.78, 5) is 23.1. The van der Waals surface area contributed by atoms with Crippen molar-refractivity contribution in [3.63, 3.8) is 0 Å². The number of nitro groups is 1. The molecule has 208 valence electrons. The Morgan fingerprint density at radius 1 is 1.05 bits per heavy atom. The molecule has 10 nitrogen and oxygen atoms in total. The second kappa shape index (κ2) is 12.1. The first-order valence-corrected chi connectivity index (χ1v) is 12.7. The molecule has 0 aliphatic carbocycles. The lowest BCUT2D eigenvalue weighted by molar-refractivity contribution is -0.385. The minimum Gasteiger partial charge on any atom is -0.459 e. The molecule has 0 bridgehead atoms. The average molecular weight is 609 g/mol. The first-order valence-electron chi connectivity index (χ1n) is 10.6. The van der Waals surface area contributed by atoms with Gasteiger partial charge in [0.2, 0.25) is 0 Å². The van der Waals surface area contributed by atoms with Gasteiger partial charge in [-0.15, -0.1) is 0 Å². The summed E-state index contributed by atoms with van der Waals surface area (Å²) in [6, 6.07) is 11.2. The molecule has 0 spiro atoms. The van der Waals surface area contributed by atoms with Gasteiger partial charge in [0.05, 0.1) is 21.2 Å². The molecule has 0 aromatic heterocycles. The quantitative estimate of drug-likeness (QED) is 0.114. The second-order valence-corrected chi connectivity index (χ2v) is 10.0. The number of benzene rings is 3. The Morgan fingerprint density at radius 2 is 1.77 bits per heavy atom. The van der Waals surface area contributed by atoms with Crippen LogP contribution in [-0.4, -0.2) is 39.6 Å². The zero-order valence-corrected chi connectivity index (χ0v) is 22.0. The molecule has 0 fully saturated rings. The molecule has 3 rings (SSSR count). The monoisotopic (exact) mass is 608 g/mol. The summed E-state index contributed by atoms with van der Waals surface area (Å²) < 4.78 is 79.2. The smallest absolute Gasteiger partial charge is 0.416 e. The lowest BCUT2D eigenvalue weighted by Crippen LogP contribution is -2.29. The number of nitro benzene ring substituents is 1. The SMILES string of the molecule is CN(c1cccc(Cl)c1)S(=O)(=O)OCCOC(=O)c1cc(Oc2ccc(C(F)(F)F)cc2Cl)ccc1[N+](=O)[O-]. The molecule has 0 amide bonds. The van der Waals surface area contributed by atoms with Crippen LogP contribution in [0.4, 0.5) is 24.5 Å². The fourth-order valence-corrected chi connectivity index (χ4v) is 4.23. The van der Waals surface area contributed by atoms with Crippen molar-refractivity contribution in [2.75, 3.05) is 24.6 Å². The van der Waals surface area contributed by atoms with Crippen molar-refractivity contribution < 1.29 is 45.0 Å². The first kappa shape index (κ1) is 30.0. The number of nitrogens with zero attached hydrogens (tertiary/aromatic N) is 2. The third-order valence-corrected chi connectivity index (χ3v) is 6.80. The van der Waals surface area contributed by atoms with Crippen molar-refractivity contribution in [3.05, 3.63) is 92.0 Å². The van der Waals surface area contributed by atoms with E-state index in [0.717, 1.165) is 34.6 Å². The van der Waals surface area contributed by atoms with Gasteiger partial charge in [0, 0.05) is 24.2 Å². The highest BCUT2D eigenvalue weighted by Crippen LogP contribution is 2.37. The Balaban J connectivity index is 1.69. The Bertz CT molecular complexity index is 1500. The highest BCUT2D eigenvalue weighted by Gasteiger charge is 2.31. The van der Waals surface area contributed by atoms with Crippen LogP contribution in [0, 0.1) is 10.1 Å². The van der Waals surface area contributed by atoms with E-state index < -0.39 is 62.4 Å². The summed E-state index contributed by atoms with van der Waals surface area (Å²) in [5.41, 5.74) is -2.05. The number of ether oxygens (including phenoxy) is 2. The van der Waals surface area contributed by atoms with E-state index in [2.05, 4.69) is 0 Å². The number of rotatable bonds is 10. The minimum absolute atomic E-state index is 0.170. The van der Waals surface area contributed by atoms with Crippen molar-refractivity contribution in [1.29, 1.82) is 0 Å². The minimum atomic E-state index is -4.64.